The second-order valence-electron chi connectivity index (χ2n) is 2.87. The maximum atomic E-state index is 8.75. The topological polar surface area (TPSA) is 47.3 Å². The van der Waals surface area contributed by atoms with Crippen LogP contribution in [-0.4, -0.2) is 27.9 Å². The first kappa shape index (κ1) is 10.2. The summed E-state index contributed by atoms with van der Waals surface area (Å²) in [5.41, 5.74) is 0.704. The Labute approximate surface area is 78.2 Å². The molecule has 13 heavy (non-hydrogen) atoms. The van der Waals surface area contributed by atoms with Crippen LogP contribution >= 0.6 is 0 Å². The zero-order valence-corrected chi connectivity index (χ0v) is 7.94. The molecule has 0 fully saturated rings. The molecule has 0 atom stereocenters. The van der Waals surface area contributed by atoms with Gasteiger partial charge in [-0.25, -0.2) is 4.98 Å². The number of aliphatic hydroxyl groups excluding tert-OH is 1. The van der Waals surface area contributed by atoms with Crippen molar-refractivity contribution in [1.82, 2.24) is 9.55 Å². The molecule has 0 amide bonds. The summed E-state index contributed by atoms with van der Waals surface area (Å²) in [5.74, 6) is 0. The Morgan fingerprint density at radius 1 is 1.54 bits per heavy atom. The minimum Gasteiger partial charge on any atom is -0.390 e. The van der Waals surface area contributed by atoms with Gasteiger partial charge < -0.3 is 14.4 Å². The van der Waals surface area contributed by atoms with Gasteiger partial charge in [-0.3, -0.25) is 0 Å². The number of imidazole rings is 1. The minimum atomic E-state index is 0.00279. The van der Waals surface area contributed by atoms with Crippen LogP contribution in [-0.2, 0) is 17.9 Å². The van der Waals surface area contributed by atoms with E-state index in [0.717, 1.165) is 19.6 Å². The number of aliphatic hydroxyl groups is 1. The third kappa shape index (κ3) is 3.57. The van der Waals surface area contributed by atoms with Gasteiger partial charge in [-0.15, -0.1) is 0 Å². The highest BCUT2D eigenvalue weighted by Crippen LogP contribution is 1.95. The van der Waals surface area contributed by atoms with Crippen LogP contribution in [0.4, 0.5) is 0 Å². The second kappa shape index (κ2) is 5.72. The smallest absolute Gasteiger partial charge is 0.0951 e. The monoisotopic (exact) mass is 184 g/mol. The van der Waals surface area contributed by atoms with Crippen LogP contribution < -0.4 is 0 Å². The molecule has 0 aliphatic heterocycles. The van der Waals surface area contributed by atoms with E-state index in [9.17, 15) is 0 Å². The fourth-order valence-corrected chi connectivity index (χ4v) is 1.03. The molecule has 0 aliphatic rings. The lowest BCUT2D eigenvalue weighted by Gasteiger charge is -2.02. The zero-order chi connectivity index (χ0) is 9.52. The third-order valence-electron chi connectivity index (χ3n) is 1.69. The van der Waals surface area contributed by atoms with Gasteiger partial charge in [0.15, 0.2) is 0 Å². The molecule has 1 aromatic rings. The Morgan fingerprint density at radius 3 is 3.00 bits per heavy atom. The first-order chi connectivity index (χ1) is 6.36. The zero-order valence-electron chi connectivity index (χ0n) is 7.94. The quantitative estimate of drug-likeness (QED) is 0.665. The Hall–Kier alpha value is -0.870. The molecule has 0 spiro atoms. The highest BCUT2D eigenvalue weighted by atomic mass is 16.5. The van der Waals surface area contributed by atoms with Crippen molar-refractivity contribution >= 4 is 0 Å². The molecule has 1 rings (SSSR count). The molecule has 0 saturated heterocycles. The van der Waals surface area contributed by atoms with E-state index in [1.165, 1.54) is 0 Å². The number of hydrogen-bond acceptors (Lipinski definition) is 3. The average molecular weight is 184 g/mol. The number of hydrogen-bond donors (Lipinski definition) is 1. The van der Waals surface area contributed by atoms with Crippen molar-refractivity contribution in [1.29, 1.82) is 0 Å². The van der Waals surface area contributed by atoms with Crippen molar-refractivity contribution in [2.75, 3.05) is 13.2 Å². The molecule has 1 aromatic heterocycles. The lowest BCUT2D eigenvalue weighted by molar-refractivity contribution is 0.127. The Bertz CT molecular complexity index is 235. The summed E-state index contributed by atoms with van der Waals surface area (Å²) >= 11 is 0. The molecular formula is C9H16N2O2. The van der Waals surface area contributed by atoms with Crippen molar-refractivity contribution in [2.45, 2.75) is 26.5 Å². The lowest BCUT2D eigenvalue weighted by Crippen LogP contribution is -2.04. The van der Waals surface area contributed by atoms with E-state index in [-0.39, 0.29) is 6.61 Å². The highest BCUT2D eigenvalue weighted by molar-refractivity contribution is 4.93. The van der Waals surface area contributed by atoms with Crippen LogP contribution in [0.1, 0.15) is 19.0 Å². The van der Waals surface area contributed by atoms with Gasteiger partial charge in [-0.05, 0) is 6.42 Å². The van der Waals surface area contributed by atoms with Crippen molar-refractivity contribution < 1.29 is 9.84 Å². The summed E-state index contributed by atoms with van der Waals surface area (Å²) in [4.78, 5) is 3.99. The molecule has 0 unspecified atom stereocenters. The van der Waals surface area contributed by atoms with Crippen LogP contribution in [0.25, 0.3) is 0 Å². The minimum absolute atomic E-state index is 0.00279. The van der Waals surface area contributed by atoms with Crippen molar-refractivity contribution in [3.05, 3.63) is 18.2 Å². The van der Waals surface area contributed by atoms with E-state index >= 15 is 0 Å². The van der Waals surface area contributed by atoms with Gasteiger partial charge >= 0.3 is 0 Å². The molecule has 4 nitrogen and oxygen atoms in total. The fraction of sp³-hybridized carbons (Fsp3) is 0.667. The molecule has 1 heterocycles. The van der Waals surface area contributed by atoms with E-state index in [0.29, 0.717) is 12.3 Å². The first-order valence-corrected chi connectivity index (χ1v) is 4.56. The summed E-state index contributed by atoms with van der Waals surface area (Å²) in [6.45, 7) is 4.40. The second-order valence-corrected chi connectivity index (χ2v) is 2.87. The predicted octanol–water partition coefficient (Wildman–Crippen LogP) is 0.802. The number of aromatic nitrogens is 2. The number of nitrogens with zero attached hydrogens (tertiary/aromatic N) is 2. The van der Waals surface area contributed by atoms with E-state index in [1.807, 2.05) is 10.8 Å². The molecule has 0 aromatic carbocycles. The number of ether oxygens (including phenoxy) is 1. The molecule has 74 valence electrons. The van der Waals surface area contributed by atoms with Crippen LogP contribution in [0.3, 0.4) is 0 Å². The molecule has 1 N–H and O–H groups in total. The van der Waals surface area contributed by atoms with Gasteiger partial charge in [0.2, 0.25) is 0 Å². The Morgan fingerprint density at radius 2 is 2.38 bits per heavy atom. The van der Waals surface area contributed by atoms with Gasteiger partial charge in [0.25, 0.3) is 0 Å². The summed E-state index contributed by atoms with van der Waals surface area (Å²) < 4.78 is 7.24. The van der Waals surface area contributed by atoms with Crippen molar-refractivity contribution in [3.8, 4) is 0 Å². The maximum Gasteiger partial charge on any atom is 0.0951 e. The number of rotatable bonds is 6. The highest BCUT2D eigenvalue weighted by Gasteiger charge is 1.95. The SMILES string of the molecule is CCCOCCn1cnc(CO)c1. The van der Waals surface area contributed by atoms with Gasteiger partial charge in [-0.2, -0.15) is 0 Å². The summed E-state index contributed by atoms with van der Waals surface area (Å²) in [6, 6.07) is 0. The lowest BCUT2D eigenvalue weighted by atomic mass is 10.5. The maximum absolute atomic E-state index is 8.75. The predicted molar refractivity (Wildman–Crippen MR) is 49.3 cm³/mol. The van der Waals surface area contributed by atoms with Crippen LogP contribution in [0.5, 0.6) is 0 Å². The molecule has 0 radical (unpaired) electrons. The summed E-state index contributed by atoms with van der Waals surface area (Å²) in [5, 5.41) is 8.75. The Kier molecular flexibility index (Phi) is 4.49. The molecular weight excluding hydrogens is 168 g/mol. The van der Waals surface area contributed by atoms with Crippen LogP contribution in [0, 0.1) is 0 Å². The van der Waals surface area contributed by atoms with Crippen molar-refractivity contribution in [2.24, 2.45) is 0 Å². The Balaban J connectivity index is 2.20. The van der Waals surface area contributed by atoms with E-state index in [1.54, 1.807) is 6.33 Å². The summed E-state index contributed by atoms with van der Waals surface area (Å²) in [7, 11) is 0. The van der Waals surface area contributed by atoms with E-state index < -0.39 is 0 Å². The van der Waals surface area contributed by atoms with Gasteiger partial charge in [0, 0.05) is 19.3 Å². The molecule has 0 saturated carbocycles. The molecule has 0 bridgehead atoms. The summed E-state index contributed by atoms with van der Waals surface area (Å²) in [6.07, 6.45) is 4.59. The normalized spacial score (nSPS) is 10.6. The fourth-order valence-electron chi connectivity index (χ4n) is 1.03. The van der Waals surface area contributed by atoms with E-state index in [4.69, 9.17) is 9.84 Å². The molecule has 4 heteroatoms. The van der Waals surface area contributed by atoms with Gasteiger partial charge in [-0.1, -0.05) is 6.92 Å². The van der Waals surface area contributed by atoms with Gasteiger partial charge in [0.05, 0.1) is 25.2 Å². The van der Waals surface area contributed by atoms with Gasteiger partial charge in [0.1, 0.15) is 0 Å². The van der Waals surface area contributed by atoms with E-state index in [2.05, 4.69) is 11.9 Å². The first-order valence-electron chi connectivity index (χ1n) is 4.56. The standard InChI is InChI=1S/C9H16N2O2/c1-2-4-13-5-3-11-6-9(7-12)10-8-11/h6,8,12H,2-5,7H2,1H3. The van der Waals surface area contributed by atoms with Crippen LogP contribution in [0.2, 0.25) is 0 Å². The molecule has 0 aliphatic carbocycles. The largest absolute Gasteiger partial charge is 0.390 e. The third-order valence-corrected chi connectivity index (χ3v) is 1.69. The van der Waals surface area contributed by atoms with Crippen molar-refractivity contribution in [3.63, 3.8) is 0 Å². The van der Waals surface area contributed by atoms with Crippen LogP contribution in [0.15, 0.2) is 12.5 Å². The average Bonchev–Trinajstić information content (AvgIpc) is 2.60.